The second-order valence-corrected chi connectivity index (χ2v) is 6.57. The van der Waals surface area contributed by atoms with E-state index in [-0.39, 0.29) is 23.3 Å². The van der Waals surface area contributed by atoms with Gasteiger partial charge in [-0.2, -0.15) is 0 Å². The van der Waals surface area contributed by atoms with Gasteiger partial charge in [0.15, 0.2) is 6.10 Å². The van der Waals surface area contributed by atoms with E-state index in [1.807, 2.05) is 30.3 Å². The van der Waals surface area contributed by atoms with Crippen LogP contribution < -0.4 is 10.6 Å². The Kier molecular flexibility index (Phi) is 7.75. The number of anilines is 1. The summed E-state index contributed by atoms with van der Waals surface area (Å²) in [7, 11) is 0. The summed E-state index contributed by atoms with van der Waals surface area (Å²) in [6.07, 6.45) is -0.0424. The lowest BCUT2D eigenvalue weighted by Gasteiger charge is -2.18. The maximum atomic E-state index is 12.3. The summed E-state index contributed by atoms with van der Waals surface area (Å²) in [6, 6.07) is 16.4. The van der Waals surface area contributed by atoms with Crippen LogP contribution >= 0.6 is 0 Å². The molecule has 0 aliphatic rings. The fourth-order valence-electron chi connectivity index (χ4n) is 2.80. The summed E-state index contributed by atoms with van der Waals surface area (Å²) in [4.78, 5) is 35.8. The summed E-state index contributed by atoms with van der Waals surface area (Å²) in [6.45, 7) is 5.46. The lowest BCUT2D eigenvalue weighted by atomic mass is 9.96. The monoisotopic (exact) mass is 382 g/mol. The average molecular weight is 382 g/mol. The molecule has 0 saturated carbocycles. The number of carbonyl (C=O) groups excluding carboxylic acids is 3. The maximum absolute atomic E-state index is 12.3. The topological polar surface area (TPSA) is 84.5 Å². The van der Waals surface area contributed by atoms with Crippen LogP contribution in [0.1, 0.15) is 49.0 Å². The molecule has 0 saturated heterocycles. The number of ether oxygens (including phenoxy) is 1. The van der Waals surface area contributed by atoms with E-state index in [2.05, 4.69) is 17.6 Å². The summed E-state index contributed by atoms with van der Waals surface area (Å²) in [5.74, 6) is -1.00. The van der Waals surface area contributed by atoms with Crippen molar-refractivity contribution in [2.24, 2.45) is 0 Å². The van der Waals surface area contributed by atoms with E-state index >= 15 is 0 Å². The van der Waals surface area contributed by atoms with Gasteiger partial charge in [0.25, 0.3) is 5.91 Å². The molecule has 2 rings (SSSR count). The highest BCUT2D eigenvalue weighted by Crippen LogP contribution is 2.18. The second kappa shape index (κ2) is 10.3. The van der Waals surface area contributed by atoms with Gasteiger partial charge in [-0.25, -0.2) is 4.79 Å². The first-order valence-electron chi connectivity index (χ1n) is 9.32. The van der Waals surface area contributed by atoms with E-state index in [9.17, 15) is 14.4 Å². The fourth-order valence-corrected chi connectivity index (χ4v) is 2.80. The number of nitrogens with one attached hydrogen (secondary N) is 2. The molecule has 0 aromatic heterocycles. The average Bonchev–Trinajstić information content (AvgIpc) is 2.68. The summed E-state index contributed by atoms with van der Waals surface area (Å²) in [5, 5.41) is 5.46. The largest absolute Gasteiger partial charge is 0.449 e. The summed E-state index contributed by atoms with van der Waals surface area (Å²) < 4.78 is 5.27. The van der Waals surface area contributed by atoms with Crippen LogP contribution in [0.3, 0.4) is 0 Å². The molecule has 0 aliphatic carbocycles. The minimum Gasteiger partial charge on any atom is -0.449 e. The van der Waals surface area contributed by atoms with Crippen LogP contribution in [0.4, 0.5) is 5.69 Å². The predicted octanol–water partition coefficient (Wildman–Crippen LogP) is 3.50. The molecular weight excluding hydrogens is 356 g/mol. The van der Waals surface area contributed by atoms with Crippen LogP contribution in [0, 0.1) is 0 Å². The Morgan fingerprint density at radius 3 is 2.39 bits per heavy atom. The van der Waals surface area contributed by atoms with Crippen LogP contribution in [0.2, 0.25) is 0 Å². The Morgan fingerprint density at radius 2 is 1.75 bits per heavy atom. The first-order valence-corrected chi connectivity index (χ1v) is 9.32. The number of hydrogen-bond donors (Lipinski definition) is 2. The Labute approximate surface area is 165 Å². The number of esters is 1. The molecule has 28 heavy (non-hydrogen) atoms. The van der Waals surface area contributed by atoms with Crippen molar-refractivity contribution in [3.8, 4) is 0 Å². The van der Waals surface area contributed by atoms with Gasteiger partial charge in [0.05, 0.1) is 5.56 Å². The van der Waals surface area contributed by atoms with Crippen molar-refractivity contribution in [3.63, 3.8) is 0 Å². The molecule has 2 N–H and O–H groups in total. The number of amides is 2. The molecule has 0 fully saturated rings. The van der Waals surface area contributed by atoms with E-state index in [0.717, 1.165) is 12.0 Å². The van der Waals surface area contributed by atoms with Crippen molar-refractivity contribution in [2.75, 3.05) is 11.9 Å². The van der Waals surface area contributed by atoms with Gasteiger partial charge >= 0.3 is 5.97 Å². The van der Waals surface area contributed by atoms with Crippen LogP contribution in [0.15, 0.2) is 54.6 Å². The van der Waals surface area contributed by atoms with Crippen molar-refractivity contribution in [1.29, 1.82) is 0 Å². The van der Waals surface area contributed by atoms with E-state index < -0.39 is 12.1 Å². The van der Waals surface area contributed by atoms with Gasteiger partial charge in [0, 0.05) is 25.1 Å². The molecule has 0 aliphatic heterocycles. The third-order valence-corrected chi connectivity index (χ3v) is 4.36. The Morgan fingerprint density at radius 1 is 1.04 bits per heavy atom. The molecule has 0 bridgehead atoms. The molecule has 6 heteroatoms. The van der Waals surface area contributed by atoms with Gasteiger partial charge in [-0.1, -0.05) is 43.3 Å². The highest BCUT2D eigenvalue weighted by atomic mass is 16.5. The van der Waals surface area contributed by atoms with Gasteiger partial charge in [-0.05, 0) is 37.1 Å². The molecule has 6 nitrogen and oxygen atoms in total. The van der Waals surface area contributed by atoms with Gasteiger partial charge in [-0.15, -0.1) is 0 Å². The van der Waals surface area contributed by atoms with Crippen LogP contribution in [-0.2, 0) is 14.3 Å². The van der Waals surface area contributed by atoms with Gasteiger partial charge < -0.3 is 15.4 Å². The smallest absolute Gasteiger partial charge is 0.338 e. The van der Waals surface area contributed by atoms with E-state index in [0.29, 0.717) is 12.2 Å². The predicted molar refractivity (Wildman–Crippen MR) is 108 cm³/mol. The molecule has 0 spiro atoms. The number of rotatable bonds is 8. The second-order valence-electron chi connectivity index (χ2n) is 6.57. The third-order valence-electron chi connectivity index (χ3n) is 4.36. The molecule has 148 valence electrons. The van der Waals surface area contributed by atoms with Crippen LogP contribution in [0.25, 0.3) is 0 Å². The highest BCUT2D eigenvalue weighted by molar-refractivity contribution is 5.95. The van der Waals surface area contributed by atoms with E-state index in [4.69, 9.17) is 4.74 Å². The Hall–Kier alpha value is -3.15. The Balaban J connectivity index is 1.91. The molecule has 2 aromatic rings. The SMILES string of the molecule is CC[C@@H](CNC(=O)[C@@H](C)OC(=O)c1cccc(NC(C)=O)c1)c1ccccc1. The minimum absolute atomic E-state index is 0.197. The first kappa shape index (κ1) is 21.2. The lowest BCUT2D eigenvalue weighted by Crippen LogP contribution is -2.38. The fraction of sp³-hybridized carbons (Fsp3) is 0.318. The van der Waals surface area contributed by atoms with Crippen molar-refractivity contribution in [2.45, 2.75) is 39.2 Å². The zero-order valence-corrected chi connectivity index (χ0v) is 16.4. The molecule has 0 heterocycles. The van der Waals surface area contributed by atoms with Crippen LogP contribution in [0.5, 0.6) is 0 Å². The molecule has 2 amide bonds. The van der Waals surface area contributed by atoms with Crippen molar-refractivity contribution in [3.05, 3.63) is 65.7 Å². The lowest BCUT2D eigenvalue weighted by molar-refractivity contribution is -0.129. The first-order chi connectivity index (χ1) is 13.4. The molecule has 2 aromatic carbocycles. The summed E-state index contributed by atoms with van der Waals surface area (Å²) in [5.41, 5.74) is 1.92. The van der Waals surface area contributed by atoms with Crippen molar-refractivity contribution < 1.29 is 19.1 Å². The van der Waals surface area contributed by atoms with Crippen molar-refractivity contribution in [1.82, 2.24) is 5.32 Å². The number of carbonyl (C=O) groups is 3. The normalized spacial score (nSPS) is 12.5. The zero-order valence-electron chi connectivity index (χ0n) is 16.4. The minimum atomic E-state index is -0.926. The number of benzene rings is 2. The van der Waals surface area contributed by atoms with Gasteiger partial charge in [-0.3, -0.25) is 9.59 Å². The molecular formula is C22H26N2O4. The molecule has 0 unspecified atom stereocenters. The van der Waals surface area contributed by atoms with Crippen LogP contribution in [-0.4, -0.2) is 30.4 Å². The Bertz CT molecular complexity index is 820. The van der Waals surface area contributed by atoms with Gasteiger partial charge in [0.2, 0.25) is 5.91 Å². The van der Waals surface area contributed by atoms with Crippen molar-refractivity contribution >= 4 is 23.5 Å². The van der Waals surface area contributed by atoms with Gasteiger partial charge in [0.1, 0.15) is 0 Å². The van der Waals surface area contributed by atoms with E-state index in [1.54, 1.807) is 18.2 Å². The quantitative estimate of drug-likeness (QED) is 0.685. The zero-order chi connectivity index (χ0) is 20.5. The molecule has 2 atom stereocenters. The maximum Gasteiger partial charge on any atom is 0.338 e. The van der Waals surface area contributed by atoms with E-state index in [1.165, 1.54) is 19.9 Å². The third kappa shape index (κ3) is 6.23. The molecule has 0 radical (unpaired) electrons. The highest BCUT2D eigenvalue weighted by Gasteiger charge is 2.20. The number of hydrogen-bond acceptors (Lipinski definition) is 4. The standard InChI is InChI=1S/C22H26N2O4/c1-4-17(18-9-6-5-7-10-18)14-23-21(26)15(2)28-22(27)19-11-8-12-20(13-19)24-16(3)25/h5-13,15,17H,4,14H2,1-3H3,(H,23,26)(H,24,25)/t15-,17+/m1/s1. The summed E-state index contributed by atoms with van der Waals surface area (Å²) >= 11 is 0.